The molecule has 1 saturated heterocycles. The predicted molar refractivity (Wildman–Crippen MR) is 103 cm³/mol. The van der Waals surface area contributed by atoms with Crippen LogP contribution in [0.2, 0.25) is 0 Å². The fourth-order valence-corrected chi connectivity index (χ4v) is 2.70. The van der Waals surface area contributed by atoms with E-state index in [1.54, 1.807) is 41.5 Å². The van der Waals surface area contributed by atoms with E-state index in [0.29, 0.717) is 0 Å². The monoisotopic (exact) mass is 413 g/mol. The Morgan fingerprint density at radius 3 is 2.34 bits per heavy atom. The average Bonchev–Trinajstić information content (AvgIpc) is 2.57. The summed E-state index contributed by atoms with van der Waals surface area (Å²) in [5.41, 5.74) is -0.727. The molecule has 10 nitrogen and oxygen atoms in total. The summed E-state index contributed by atoms with van der Waals surface area (Å²) in [5.74, 6) is -2.73. The molecule has 1 heterocycles. The third kappa shape index (κ3) is 7.71. The van der Waals surface area contributed by atoms with E-state index < -0.39 is 54.0 Å². The molecule has 0 aliphatic carbocycles. The highest BCUT2D eigenvalue weighted by molar-refractivity contribution is 6.04. The van der Waals surface area contributed by atoms with Crippen molar-refractivity contribution < 1.29 is 33.4 Å². The van der Waals surface area contributed by atoms with Crippen LogP contribution >= 0.6 is 0 Å². The Labute approximate surface area is 170 Å². The Balaban J connectivity index is 2.80. The number of piperidine rings is 1. The lowest BCUT2D eigenvalue weighted by Gasteiger charge is -2.32. The van der Waals surface area contributed by atoms with Crippen molar-refractivity contribution in [2.45, 2.75) is 72.1 Å². The Hall–Kier alpha value is -2.65. The number of likely N-dealkylation sites (tertiary alicyclic amines) is 1. The van der Waals surface area contributed by atoms with Gasteiger partial charge in [-0.25, -0.2) is 4.79 Å². The second-order valence-electron chi connectivity index (χ2n) is 8.09. The smallest absolute Gasteiger partial charge is 0.408 e. The highest BCUT2D eigenvalue weighted by Crippen LogP contribution is 2.15. The zero-order valence-corrected chi connectivity index (χ0v) is 17.9. The topological polar surface area (TPSA) is 131 Å². The number of imide groups is 1. The van der Waals surface area contributed by atoms with E-state index in [1.165, 1.54) is 0 Å². The first-order valence-electron chi connectivity index (χ1n) is 9.65. The fourth-order valence-electron chi connectivity index (χ4n) is 2.70. The maximum Gasteiger partial charge on any atom is 0.408 e. The van der Waals surface area contributed by atoms with E-state index in [4.69, 9.17) is 9.47 Å². The van der Waals surface area contributed by atoms with Crippen LogP contribution in [0.4, 0.5) is 4.79 Å². The number of ether oxygens (including phenoxy) is 2. The van der Waals surface area contributed by atoms with Crippen LogP contribution < -0.4 is 10.6 Å². The van der Waals surface area contributed by atoms with Gasteiger partial charge in [-0.15, -0.1) is 0 Å². The summed E-state index contributed by atoms with van der Waals surface area (Å²) >= 11 is 0. The molecule has 0 aromatic carbocycles. The van der Waals surface area contributed by atoms with Gasteiger partial charge in [-0.1, -0.05) is 13.8 Å². The average molecular weight is 413 g/mol. The Morgan fingerprint density at radius 1 is 1.21 bits per heavy atom. The van der Waals surface area contributed by atoms with Crippen LogP contribution in [0.5, 0.6) is 0 Å². The van der Waals surface area contributed by atoms with Crippen LogP contribution in [0.25, 0.3) is 0 Å². The first-order chi connectivity index (χ1) is 13.4. The third-order valence-corrected chi connectivity index (χ3v) is 4.04. The largest absolute Gasteiger partial charge is 0.465 e. The van der Waals surface area contributed by atoms with Crippen LogP contribution in [0.3, 0.4) is 0 Å². The lowest BCUT2D eigenvalue weighted by Crippen LogP contribution is -2.59. The number of hydrogen-bond donors (Lipinski definition) is 2. The van der Waals surface area contributed by atoms with Crippen molar-refractivity contribution in [1.82, 2.24) is 15.5 Å². The van der Waals surface area contributed by atoms with Crippen molar-refractivity contribution in [3.8, 4) is 0 Å². The van der Waals surface area contributed by atoms with Crippen LogP contribution in [-0.2, 0) is 28.7 Å². The first-order valence-corrected chi connectivity index (χ1v) is 9.65. The van der Waals surface area contributed by atoms with Gasteiger partial charge in [0.1, 0.15) is 24.2 Å². The Morgan fingerprint density at radius 2 is 1.83 bits per heavy atom. The Kier molecular flexibility index (Phi) is 8.59. The zero-order chi connectivity index (χ0) is 22.4. The molecule has 164 valence electrons. The number of nitrogens with one attached hydrogen (secondary N) is 2. The van der Waals surface area contributed by atoms with Crippen molar-refractivity contribution >= 4 is 29.8 Å². The molecule has 1 fully saturated rings. The highest BCUT2D eigenvalue weighted by atomic mass is 16.6. The van der Waals surface area contributed by atoms with Gasteiger partial charge in [0.2, 0.25) is 11.8 Å². The SMILES string of the molecule is CCOC(=O)CN1C(=O)CC[C@H](NC(=O)[C@@H](NC(=O)OC(C)(C)C)C(C)C)C1=O. The molecule has 0 unspecified atom stereocenters. The molecule has 0 radical (unpaired) electrons. The van der Waals surface area contributed by atoms with Gasteiger partial charge >= 0.3 is 12.1 Å². The molecule has 2 atom stereocenters. The summed E-state index contributed by atoms with van der Waals surface area (Å²) in [6.45, 7) is 9.82. The molecule has 29 heavy (non-hydrogen) atoms. The number of nitrogens with zero attached hydrogens (tertiary/aromatic N) is 1. The van der Waals surface area contributed by atoms with Gasteiger partial charge in [-0.05, 0) is 40.0 Å². The maximum absolute atomic E-state index is 12.7. The minimum Gasteiger partial charge on any atom is -0.465 e. The van der Waals surface area contributed by atoms with Gasteiger partial charge in [0.05, 0.1) is 6.61 Å². The predicted octanol–water partition coefficient (Wildman–Crippen LogP) is 0.733. The first kappa shape index (κ1) is 24.4. The molecule has 0 bridgehead atoms. The third-order valence-electron chi connectivity index (χ3n) is 4.04. The summed E-state index contributed by atoms with van der Waals surface area (Å²) in [6, 6.07) is -1.91. The van der Waals surface area contributed by atoms with E-state index >= 15 is 0 Å². The molecule has 4 amide bonds. The molecule has 1 aliphatic rings. The second kappa shape index (κ2) is 10.2. The number of hydrogen-bond acceptors (Lipinski definition) is 7. The minimum atomic E-state index is -0.976. The normalized spacial score (nSPS) is 18.3. The van der Waals surface area contributed by atoms with E-state index in [9.17, 15) is 24.0 Å². The van der Waals surface area contributed by atoms with Gasteiger partial charge in [-0.3, -0.25) is 24.1 Å². The number of carbonyl (C=O) groups excluding carboxylic acids is 5. The molecule has 0 aromatic rings. The maximum atomic E-state index is 12.7. The summed E-state index contributed by atoms with van der Waals surface area (Å²) in [4.78, 5) is 61.7. The molecule has 0 saturated carbocycles. The lowest BCUT2D eigenvalue weighted by molar-refractivity contribution is -0.159. The van der Waals surface area contributed by atoms with E-state index in [1.807, 2.05) is 0 Å². The van der Waals surface area contributed by atoms with Crippen molar-refractivity contribution in [2.75, 3.05) is 13.2 Å². The zero-order valence-electron chi connectivity index (χ0n) is 17.9. The second-order valence-corrected chi connectivity index (χ2v) is 8.09. The van der Waals surface area contributed by atoms with Crippen LogP contribution in [0.1, 0.15) is 54.4 Å². The fraction of sp³-hybridized carbons (Fsp3) is 0.737. The molecule has 0 aromatic heterocycles. The van der Waals surface area contributed by atoms with Crippen molar-refractivity contribution in [1.29, 1.82) is 0 Å². The van der Waals surface area contributed by atoms with Crippen molar-refractivity contribution in [2.24, 2.45) is 5.92 Å². The van der Waals surface area contributed by atoms with Gasteiger partial charge in [0.25, 0.3) is 5.91 Å². The van der Waals surface area contributed by atoms with E-state index in [2.05, 4.69) is 10.6 Å². The van der Waals surface area contributed by atoms with Crippen LogP contribution in [0.15, 0.2) is 0 Å². The molecular weight excluding hydrogens is 382 g/mol. The summed E-state index contributed by atoms with van der Waals surface area (Å²) < 4.78 is 9.95. The molecule has 1 rings (SSSR count). The van der Waals surface area contributed by atoms with Gasteiger partial charge in [0, 0.05) is 6.42 Å². The van der Waals surface area contributed by atoms with E-state index in [-0.39, 0.29) is 25.4 Å². The quantitative estimate of drug-likeness (QED) is 0.465. The molecule has 0 spiro atoms. The van der Waals surface area contributed by atoms with Gasteiger partial charge < -0.3 is 20.1 Å². The number of alkyl carbamates (subject to hydrolysis) is 1. The number of carbonyl (C=O) groups is 5. The summed E-state index contributed by atoms with van der Waals surface area (Å²) in [6.07, 6.45) is -0.637. The number of rotatable bonds is 7. The summed E-state index contributed by atoms with van der Waals surface area (Å²) in [5, 5.41) is 5.08. The van der Waals surface area contributed by atoms with Crippen molar-refractivity contribution in [3.05, 3.63) is 0 Å². The molecule has 10 heteroatoms. The summed E-state index contributed by atoms with van der Waals surface area (Å²) in [7, 11) is 0. The molecule has 1 aliphatic heterocycles. The molecular formula is C19H31N3O7. The number of amides is 4. The Bertz CT molecular complexity index is 655. The van der Waals surface area contributed by atoms with Crippen LogP contribution in [-0.4, -0.2) is 65.5 Å². The number of esters is 1. The highest BCUT2D eigenvalue weighted by Gasteiger charge is 2.38. The van der Waals surface area contributed by atoms with Crippen molar-refractivity contribution in [3.63, 3.8) is 0 Å². The molecule has 2 N–H and O–H groups in total. The van der Waals surface area contributed by atoms with Crippen LogP contribution in [0, 0.1) is 5.92 Å². The van der Waals surface area contributed by atoms with Gasteiger partial charge in [-0.2, -0.15) is 0 Å². The standard InChI is InChI=1S/C19H31N3O7/c1-7-28-14(24)10-22-13(23)9-8-12(17(22)26)20-16(25)15(11(2)3)21-18(27)29-19(4,5)6/h11-12,15H,7-10H2,1-6H3,(H,20,25)(H,21,27)/t12-,15-/m0/s1. The van der Waals surface area contributed by atoms with E-state index in [0.717, 1.165) is 4.90 Å². The lowest BCUT2D eigenvalue weighted by atomic mass is 10.0. The minimum absolute atomic E-state index is 0.00192. The van der Waals surface area contributed by atoms with Gasteiger partial charge in [0.15, 0.2) is 0 Å².